The number of nitrogens with one attached hydrogen (secondary N) is 1. The number of sulfone groups is 1. The maximum Gasteiger partial charge on any atom is 0.175 e. The van der Waals surface area contributed by atoms with Crippen molar-refractivity contribution < 1.29 is 13.2 Å². The summed E-state index contributed by atoms with van der Waals surface area (Å²) >= 11 is 0. The number of hydrogen-bond acceptors (Lipinski definition) is 4. The summed E-state index contributed by atoms with van der Waals surface area (Å²) in [5.41, 5.74) is 6.94. The van der Waals surface area contributed by atoms with E-state index in [0.717, 1.165) is 11.8 Å². The summed E-state index contributed by atoms with van der Waals surface area (Å²) in [5, 5.41) is 7.31. The molecule has 0 aromatic heterocycles. The summed E-state index contributed by atoms with van der Waals surface area (Å²) in [5.74, 6) is 0.511. The molecule has 0 aliphatic rings. The number of amidine groups is 1. The highest BCUT2D eigenvalue weighted by Gasteiger charge is 2.07. The first-order valence-corrected chi connectivity index (χ1v) is 8.11. The van der Waals surface area contributed by atoms with Gasteiger partial charge in [0.05, 0.1) is 4.90 Å². The Balaban J connectivity index is 2.08. The van der Waals surface area contributed by atoms with E-state index in [1.54, 1.807) is 24.3 Å². The SMILES string of the molecule is CS(=O)(=O)c1cccc(OCc2ccc(C(=N)N)cc2)c1. The fourth-order valence-electron chi connectivity index (χ4n) is 1.74. The van der Waals surface area contributed by atoms with Crippen molar-refractivity contribution in [3.63, 3.8) is 0 Å². The summed E-state index contributed by atoms with van der Waals surface area (Å²) in [4.78, 5) is 0.229. The smallest absolute Gasteiger partial charge is 0.175 e. The third-order valence-corrected chi connectivity index (χ3v) is 4.01. The first-order valence-electron chi connectivity index (χ1n) is 6.22. The Morgan fingerprint density at radius 3 is 2.43 bits per heavy atom. The van der Waals surface area contributed by atoms with Crippen LogP contribution in [0.15, 0.2) is 53.4 Å². The number of ether oxygens (including phenoxy) is 1. The Morgan fingerprint density at radius 2 is 1.86 bits per heavy atom. The summed E-state index contributed by atoms with van der Waals surface area (Å²) in [7, 11) is -3.24. The van der Waals surface area contributed by atoms with Gasteiger partial charge in [-0.1, -0.05) is 30.3 Å². The molecule has 0 aliphatic carbocycles. The van der Waals surface area contributed by atoms with E-state index < -0.39 is 9.84 Å². The van der Waals surface area contributed by atoms with Crippen molar-refractivity contribution in [3.05, 3.63) is 59.7 Å². The average molecular weight is 304 g/mol. The summed E-state index contributed by atoms with van der Waals surface area (Å²) in [6, 6.07) is 13.5. The van der Waals surface area contributed by atoms with Crippen molar-refractivity contribution in [2.45, 2.75) is 11.5 Å². The van der Waals surface area contributed by atoms with Gasteiger partial charge < -0.3 is 10.5 Å². The zero-order valence-corrected chi connectivity index (χ0v) is 12.4. The second kappa shape index (κ2) is 5.97. The zero-order chi connectivity index (χ0) is 15.5. The van der Waals surface area contributed by atoms with Crippen LogP contribution >= 0.6 is 0 Å². The lowest BCUT2D eigenvalue weighted by atomic mass is 10.1. The molecular formula is C15H16N2O3S. The van der Waals surface area contributed by atoms with E-state index in [1.165, 1.54) is 12.1 Å². The molecular weight excluding hydrogens is 288 g/mol. The maximum absolute atomic E-state index is 11.5. The molecule has 0 bridgehead atoms. The molecule has 0 radical (unpaired) electrons. The quantitative estimate of drug-likeness (QED) is 0.652. The average Bonchev–Trinajstić information content (AvgIpc) is 2.45. The van der Waals surface area contributed by atoms with Crippen LogP contribution in [0.1, 0.15) is 11.1 Å². The molecule has 6 heteroatoms. The third-order valence-electron chi connectivity index (χ3n) is 2.90. The van der Waals surface area contributed by atoms with Crippen LogP contribution in [0.5, 0.6) is 5.75 Å². The first kappa shape index (κ1) is 15.1. The van der Waals surface area contributed by atoms with Crippen molar-refractivity contribution in [1.82, 2.24) is 0 Å². The maximum atomic E-state index is 11.5. The van der Waals surface area contributed by atoms with Gasteiger partial charge in [0, 0.05) is 11.8 Å². The fourth-order valence-corrected chi connectivity index (χ4v) is 2.40. The van der Waals surface area contributed by atoms with E-state index in [9.17, 15) is 8.42 Å². The largest absolute Gasteiger partial charge is 0.489 e. The van der Waals surface area contributed by atoms with Gasteiger partial charge in [-0.15, -0.1) is 0 Å². The predicted octanol–water partition coefficient (Wildman–Crippen LogP) is 1.95. The van der Waals surface area contributed by atoms with Crippen LogP contribution in [0.4, 0.5) is 0 Å². The van der Waals surface area contributed by atoms with Crippen molar-refractivity contribution in [1.29, 1.82) is 5.41 Å². The van der Waals surface area contributed by atoms with Crippen LogP contribution in [-0.2, 0) is 16.4 Å². The standard InChI is InChI=1S/C15H16N2O3S/c1-21(18,19)14-4-2-3-13(9-14)20-10-11-5-7-12(8-6-11)15(16)17/h2-9H,10H2,1H3,(H3,16,17). The Hall–Kier alpha value is -2.34. The molecule has 2 aromatic carbocycles. The lowest BCUT2D eigenvalue weighted by Crippen LogP contribution is -2.10. The summed E-state index contributed by atoms with van der Waals surface area (Å²) in [6.45, 7) is 0.311. The Kier molecular flexibility index (Phi) is 4.28. The number of benzene rings is 2. The van der Waals surface area contributed by atoms with E-state index in [2.05, 4.69) is 0 Å². The van der Waals surface area contributed by atoms with Crippen LogP contribution < -0.4 is 10.5 Å². The van der Waals surface area contributed by atoms with Crippen LogP contribution in [0, 0.1) is 5.41 Å². The molecule has 0 atom stereocenters. The van der Waals surface area contributed by atoms with Gasteiger partial charge in [-0.05, 0) is 23.8 Å². The predicted molar refractivity (Wildman–Crippen MR) is 81.3 cm³/mol. The van der Waals surface area contributed by atoms with Gasteiger partial charge in [0.25, 0.3) is 0 Å². The molecule has 2 aromatic rings. The van der Waals surface area contributed by atoms with Crippen molar-refractivity contribution >= 4 is 15.7 Å². The molecule has 110 valence electrons. The van der Waals surface area contributed by atoms with E-state index in [4.69, 9.17) is 15.9 Å². The molecule has 0 amide bonds. The molecule has 0 saturated heterocycles. The molecule has 0 aliphatic heterocycles. The molecule has 0 unspecified atom stereocenters. The minimum Gasteiger partial charge on any atom is -0.489 e. The van der Waals surface area contributed by atoms with Gasteiger partial charge >= 0.3 is 0 Å². The normalized spacial score (nSPS) is 11.1. The van der Waals surface area contributed by atoms with Crippen molar-refractivity contribution in [2.24, 2.45) is 5.73 Å². The van der Waals surface area contributed by atoms with Crippen LogP contribution in [0.25, 0.3) is 0 Å². The topological polar surface area (TPSA) is 93.2 Å². The third kappa shape index (κ3) is 4.06. The van der Waals surface area contributed by atoms with Crippen LogP contribution in [0.3, 0.4) is 0 Å². The lowest BCUT2D eigenvalue weighted by molar-refractivity contribution is 0.305. The molecule has 0 fully saturated rings. The Labute approximate surface area is 123 Å². The highest BCUT2D eigenvalue weighted by atomic mass is 32.2. The molecule has 2 rings (SSSR count). The molecule has 0 heterocycles. The second-order valence-electron chi connectivity index (χ2n) is 4.65. The molecule has 0 saturated carbocycles. The van der Waals surface area contributed by atoms with E-state index in [1.807, 2.05) is 12.1 Å². The summed E-state index contributed by atoms with van der Waals surface area (Å²) < 4.78 is 28.5. The number of hydrogen-bond donors (Lipinski definition) is 2. The minimum atomic E-state index is -3.24. The molecule has 5 nitrogen and oxygen atoms in total. The minimum absolute atomic E-state index is 0.0170. The van der Waals surface area contributed by atoms with Gasteiger partial charge in [-0.2, -0.15) is 0 Å². The van der Waals surface area contributed by atoms with Gasteiger partial charge in [-0.25, -0.2) is 8.42 Å². The number of nitrogens with two attached hydrogens (primary N) is 1. The highest BCUT2D eigenvalue weighted by molar-refractivity contribution is 7.90. The molecule has 0 spiro atoms. The van der Waals surface area contributed by atoms with Gasteiger partial charge in [0.1, 0.15) is 18.2 Å². The highest BCUT2D eigenvalue weighted by Crippen LogP contribution is 2.18. The van der Waals surface area contributed by atoms with Gasteiger partial charge in [0.2, 0.25) is 0 Å². The fraction of sp³-hybridized carbons (Fsp3) is 0.133. The molecule has 21 heavy (non-hydrogen) atoms. The van der Waals surface area contributed by atoms with Crippen molar-refractivity contribution in [3.8, 4) is 5.75 Å². The van der Waals surface area contributed by atoms with E-state index in [0.29, 0.717) is 17.9 Å². The zero-order valence-electron chi connectivity index (χ0n) is 11.5. The van der Waals surface area contributed by atoms with E-state index >= 15 is 0 Å². The Morgan fingerprint density at radius 1 is 1.19 bits per heavy atom. The first-order chi connectivity index (χ1) is 9.86. The van der Waals surface area contributed by atoms with E-state index in [-0.39, 0.29) is 10.7 Å². The van der Waals surface area contributed by atoms with Crippen LogP contribution in [0.2, 0.25) is 0 Å². The lowest BCUT2D eigenvalue weighted by Gasteiger charge is -2.08. The second-order valence-corrected chi connectivity index (χ2v) is 6.66. The number of rotatable bonds is 5. The van der Waals surface area contributed by atoms with Crippen LogP contribution in [-0.4, -0.2) is 20.5 Å². The van der Waals surface area contributed by atoms with Gasteiger partial charge in [0.15, 0.2) is 9.84 Å². The van der Waals surface area contributed by atoms with Crippen molar-refractivity contribution in [2.75, 3.05) is 6.26 Å². The summed E-state index contributed by atoms with van der Waals surface area (Å²) in [6.07, 6.45) is 1.16. The number of nitrogen functional groups attached to an aromatic ring is 1. The van der Waals surface area contributed by atoms with Gasteiger partial charge in [-0.3, -0.25) is 5.41 Å². The monoisotopic (exact) mass is 304 g/mol. The Bertz CT molecular complexity index is 753. The molecule has 3 N–H and O–H groups in total.